The number of carbonyl (C=O) groups is 2. The van der Waals surface area contributed by atoms with Crippen molar-refractivity contribution in [3.05, 3.63) is 71.6 Å². The molecule has 2 aromatic carbocycles. The minimum atomic E-state index is -0.983. The van der Waals surface area contributed by atoms with Gasteiger partial charge >= 0.3 is 5.97 Å². The number of benzene rings is 3. The highest BCUT2D eigenvalue weighted by atomic mass is 16.4. The summed E-state index contributed by atoms with van der Waals surface area (Å²) >= 11 is 0. The Morgan fingerprint density at radius 3 is 1.86 bits per heavy atom. The van der Waals surface area contributed by atoms with Crippen LogP contribution in [0.5, 0.6) is 0 Å². The number of amides is 1. The van der Waals surface area contributed by atoms with Gasteiger partial charge in [0, 0.05) is 53.8 Å². The van der Waals surface area contributed by atoms with Gasteiger partial charge in [0.25, 0.3) is 0 Å². The maximum absolute atomic E-state index is 12.8. The third-order valence-corrected chi connectivity index (χ3v) is 9.74. The fourth-order valence-corrected chi connectivity index (χ4v) is 6.92. The molecule has 1 amide bonds. The molecule has 49 heavy (non-hydrogen) atoms. The Kier molecular flexibility index (Phi) is 15.9. The highest BCUT2D eigenvalue weighted by molar-refractivity contribution is 6.07. The van der Waals surface area contributed by atoms with Gasteiger partial charge in [-0.25, -0.2) is 9.79 Å². The second-order valence-electron chi connectivity index (χ2n) is 13.4. The molecule has 0 aromatic heterocycles. The van der Waals surface area contributed by atoms with E-state index < -0.39 is 5.97 Å². The van der Waals surface area contributed by atoms with Gasteiger partial charge in [-0.3, -0.25) is 4.79 Å². The van der Waals surface area contributed by atoms with Crippen molar-refractivity contribution in [1.82, 2.24) is 0 Å². The number of carbonyl (C=O) groups excluding carboxylic acids is 1. The molecule has 1 heterocycles. The van der Waals surface area contributed by atoms with Crippen LogP contribution in [0.2, 0.25) is 0 Å². The Morgan fingerprint density at radius 1 is 0.673 bits per heavy atom. The molecular weight excluding hydrogens is 608 g/mol. The molecule has 1 N–H and O–H groups in total. The Balaban J connectivity index is 1.35. The fourth-order valence-electron chi connectivity index (χ4n) is 6.92. The van der Waals surface area contributed by atoms with Gasteiger partial charge < -0.3 is 14.4 Å². The first kappa shape index (κ1) is 37.9. The maximum Gasteiger partial charge on any atom is 0.336 e. The summed E-state index contributed by atoms with van der Waals surface area (Å²) in [6.45, 7) is 8.22. The zero-order valence-corrected chi connectivity index (χ0v) is 30.3. The van der Waals surface area contributed by atoms with Crippen molar-refractivity contribution < 1.29 is 19.1 Å². The number of nitrogens with zero attached hydrogens (tertiary/aromatic N) is 2. The van der Waals surface area contributed by atoms with E-state index in [1.54, 1.807) is 18.2 Å². The third-order valence-electron chi connectivity index (χ3n) is 9.74. The number of rotatable bonds is 22. The number of unbranched alkanes of at least 4 members (excludes halogenated alkanes) is 15. The lowest BCUT2D eigenvalue weighted by molar-refractivity contribution is -0.118. The van der Waals surface area contributed by atoms with Crippen molar-refractivity contribution in [3.63, 3.8) is 0 Å². The van der Waals surface area contributed by atoms with E-state index in [0.717, 1.165) is 48.1 Å². The largest absolute Gasteiger partial charge is 0.478 e. The topological polar surface area (TPSA) is 83.1 Å². The molecule has 0 bridgehead atoms. The fraction of sp³-hybridized carbons (Fsp3) is 0.512. The Morgan fingerprint density at radius 2 is 1.27 bits per heavy atom. The van der Waals surface area contributed by atoms with E-state index in [-0.39, 0.29) is 11.5 Å². The van der Waals surface area contributed by atoms with Crippen LogP contribution in [0, 0.1) is 0 Å². The molecule has 2 aromatic rings. The van der Waals surface area contributed by atoms with E-state index in [1.165, 1.54) is 89.9 Å². The Bertz CT molecular complexity index is 1650. The standard InChI is InChI=1S/C43H58N2O4/c1-4-7-8-9-10-11-12-13-14-15-16-17-18-19-20-21-26-41(46)44-33-27-29-37-39(31-33)49-40-32-34(45(5-2)6-3)28-30-38(40)42(37)35-24-22-23-25-36(35)43(47)48/h22-25,27-32H,4-21,26H2,1-3H3,(H,47,48). The predicted molar refractivity (Wildman–Crippen MR) is 204 cm³/mol. The van der Waals surface area contributed by atoms with E-state index in [4.69, 9.17) is 4.42 Å². The first-order valence-electron chi connectivity index (χ1n) is 19.1. The molecule has 6 heteroatoms. The van der Waals surface area contributed by atoms with E-state index in [9.17, 15) is 14.7 Å². The summed E-state index contributed by atoms with van der Waals surface area (Å²) in [5.74, 6) is -0.537. The van der Waals surface area contributed by atoms with Crippen molar-refractivity contribution in [1.29, 1.82) is 0 Å². The number of aromatic carboxylic acids is 1. The van der Waals surface area contributed by atoms with Crippen molar-refractivity contribution in [2.45, 2.75) is 130 Å². The van der Waals surface area contributed by atoms with Crippen LogP contribution in [0.3, 0.4) is 0 Å². The maximum atomic E-state index is 12.8. The second kappa shape index (κ2) is 20.6. The highest BCUT2D eigenvalue weighted by Crippen LogP contribution is 2.42. The molecule has 1 aliphatic heterocycles. The normalized spacial score (nSPS) is 11.9. The second-order valence-corrected chi connectivity index (χ2v) is 13.4. The SMILES string of the molecule is CCCCCCCCCCCCCCCCCCC(=O)N=c1ccc2c(-c3ccccc3C(=O)O)c3ccc(N(CC)CC)cc3oc-2c1. The smallest absolute Gasteiger partial charge is 0.336 e. The molecule has 1 aliphatic carbocycles. The van der Waals surface area contributed by atoms with Crippen LogP contribution in [-0.4, -0.2) is 30.1 Å². The van der Waals surface area contributed by atoms with Gasteiger partial charge in [-0.2, -0.15) is 0 Å². The first-order chi connectivity index (χ1) is 24.0. The highest BCUT2D eigenvalue weighted by Gasteiger charge is 2.22. The summed E-state index contributed by atoms with van der Waals surface area (Å²) in [4.78, 5) is 31.7. The molecule has 0 saturated heterocycles. The molecule has 264 valence electrons. The minimum Gasteiger partial charge on any atom is -0.478 e. The average Bonchev–Trinajstić information content (AvgIpc) is 3.10. The van der Waals surface area contributed by atoms with Gasteiger partial charge in [0.15, 0.2) is 0 Å². The molecule has 0 saturated carbocycles. The summed E-state index contributed by atoms with van der Waals surface area (Å²) < 4.78 is 6.46. The van der Waals surface area contributed by atoms with Crippen LogP contribution >= 0.6 is 0 Å². The lowest BCUT2D eigenvalue weighted by atomic mass is 9.90. The molecular formula is C43H58N2O4. The monoisotopic (exact) mass is 666 g/mol. The van der Waals surface area contributed by atoms with Crippen molar-refractivity contribution in [2.75, 3.05) is 18.0 Å². The van der Waals surface area contributed by atoms with Crippen LogP contribution in [0.4, 0.5) is 5.69 Å². The van der Waals surface area contributed by atoms with E-state index in [0.29, 0.717) is 28.7 Å². The van der Waals surface area contributed by atoms with Gasteiger partial charge in [0.2, 0.25) is 5.91 Å². The number of hydrogen-bond donors (Lipinski definition) is 1. The molecule has 6 nitrogen and oxygen atoms in total. The molecule has 0 spiro atoms. The van der Waals surface area contributed by atoms with E-state index in [2.05, 4.69) is 36.7 Å². The minimum absolute atomic E-state index is 0.120. The predicted octanol–water partition coefficient (Wildman–Crippen LogP) is 11.8. The zero-order valence-electron chi connectivity index (χ0n) is 30.3. The molecule has 0 atom stereocenters. The third kappa shape index (κ3) is 11.3. The Hall–Kier alpha value is -3.93. The Labute approximate surface area is 294 Å². The van der Waals surface area contributed by atoms with Crippen LogP contribution in [0.1, 0.15) is 140 Å². The van der Waals surface area contributed by atoms with Crippen molar-refractivity contribution in [2.24, 2.45) is 4.99 Å². The van der Waals surface area contributed by atoms with Crippen LogP contribution in [0.15, 0.2) is 70.1 Å². The summed E-state index contributed by atoms with van der Waals surface area (Å²) in [7, 11) is 0. The quantitative estimate of drug-likeness (QED) is 0.0666. The lowest BCUT2D eigenvalue weighted by Gasteiger charge is -2.22. The van der Waals surface area contributed by atoms with Gasteiger partial charge in [0.05, 0.1) is 10.9 Å². The zero-order chi connectivity index (χ0) is 34.8. The average molecular weight is 667 g/mol. The number of fused-ring (bicyclic) bond motifs is 2. The number of carboxylic acid groups (broad SMARTS) is 1. The molecule has 4 rings (SSSR count). The molecule has 0 radical (unpaired) electrons. The lowest BCUT2D eigenvalue weighted by Crippen LogP contribution is -2.21. The van der Waals surface area contributed by atoms with Gasteiger partial charge in [-0.15, -0.1) is 0 Å². The van der Waals surface area contributed by atoms with E-state index >= 15 is 0 Å². The molecule has 0 fully saturated rings. The number of carboxylic acids is 1. The van der Waals surface area contributed by atoms with Crippen molar-refractivity contribution >= 4 is 28.5 Å². The number of hydrogen-bond acceptors (Lipinski definition) is 4. The summed E-state index contributed by atoms with van der Waals surface area (Å²) in [6, 6.07) is 18.7. The summed E-state index contributed by atoms with van der Waals surface area (Å²) in [5, 5.41) is 11.4. The van der Waals surface area contributed by atoms with E-state index in [1.807, 2.05) is 36.4 Å². The van der Waals surface area contributed by atoms with Crippen LogP contribution in [0.25, 0.3) is 33.4 Å². The van der Waals surface area contributed by atoms with Crippen LogP contribution in [-0.2, 0) is 4.79 Å². The summed E-state index contributed by atoms with van der Waals surface area (Å²) in [6.07, 6.45) is 21.3. The molecule has 2 aliphatic rings. The van der Waals surface area contributed by atoms with Crippen LogP contribution < -0.4 is 10.3 Å². The summed E-state index contributed by atoms with van der Waals surface area (Å²) in [5.41, 5.74) is 4.12. The van der Waals surface area contributed by atoms with Gasteiger partial charge in [-0.1, -0.05) is 121 Å². The van der Waals surface area contributed by atoms with Gasteiger partial charge in [-0.05, 0) is 56.2 Å². The van der Waals surface area contributed by atoms with Crippen molar-refractivity contribution in [3.8, 4) is 22.5 Å². The number of anilines is 1. The molecule has 0 unspecified atom stereocenters. The van der Waals surface area contributed by atoms with Gasteiger partial charge in [0.1, 0.15) is 11.3 Å². The first-order valence-corrected chi connectivity index (χ1v) is 19.1.